The van der Waals surface area contributed by atoms with E-state index >= 15 is 4.57 Å². The second kappa shape index (κ2) is 8.65. The minimum absolute atomic E-state index is 0.0260. The van der Waals surface area contributed by atoms with Crippen LogP contribution in [0.2, 0.25) is 0 Å². The van der Waals surface area contributed by atoms with Gasteiger partial charge in [0.25, 0.3) is 0 Å². The van der Waals surface area contributed by atoms with Crippen LogP contribution in [0, 0.1) is 0 Å². The third-order valence-electron chi connectivity index (χ3n) is 9.67. The van der Waals surface area contributed by atoms with Crippen molar-refractivity contribution in [2.75, 3.05) is 0 Å². The predicted molar refractivity (Wildman–Crippen MR) is 179 cm³/mol. The first-order chi connectivity index (χ1) is 20.2. The van der Waals surface area contributed by atoms with Crippen LogP contribution in [0.4, 0.5) is 0 Å². The quantitative estimate of drug-likeness (QED) is 0.123. The highest BCUT2D eigenvalue weighted by atomic mass is 31.2. The van der Waals surface area contributed by atoms with Gasteiger partial charge in [-0.1, -0.05) is 116 Å². The molecule has 1 aliphatic carbocycles. The number of hydrogen-bond acceptors (Lipinski definition) is 1. The van der Waals surface area contributed by atoms with Gasteiger partial charge in [0.1, 0.15) is 0 Å². The van der Waals surface area contributed by atoms with Gasteiger partial charge in [0, 0.05) is 16.3 Å². The van der Waals surface area contributed by atoms with E-state index in [1.54, 1.807) is 0 Å². The SMILES string of the molecule is O=P(c1ccc2ccc3cccc4ccc1c2c34)(c1ccc2ccc3cccc4ccc1c2c34)C1C=CCCCC1. The van der Waals surface area contributed by atoms with E-state index in [9.17, 15) is 0 Å². The lowest BCUT2D eigenvalue weighted by Crippen LogP contribution is -2.26. The lowest BCUT2D eigenvalue weighted by molar-refractivity contribution is 0.577. The minimum atomic E-state index is -3.13. The van der Waals surface area contributed by atoms with Gasteiger partial charge < -0.3 is 4.57 Å². The largest absolute Gasteiger partial charge is 0.313 e. The molecule has 1 nitrogen and oxygen atoms in total. The third kappa shape index (κ3) is 3.22. The Morgan fingerprint density at radius 3 is 1.44 bits per heavy atom. The van der Waals surface area contributed by atoms with Crippen LogP contribution in [0.15, 0.2) is 121 Å². The van der Waals surface area contributed by atoms with Crippen molar-refractivity contribution in [2.24, 2.45) is 0 Å². The Morgan fingerprint density at radius 2 is 0.927 bits per heavy atom. The summed E-state index contributed by atoms with van der Waals surface area (Å²) in [6.45, 7) is 0. The van der Waals surface area contributed by atoms with Crippen LogP contribution >= 0.6 is 7.14 Å². The molecule has 0 fully saturated rings. The molecule has 1 atom stereocenters. The van der Waals surface area contributed by atoms with Gasteiger partial charge in [-0.15, -0.1) is 0 Å². The first kappa shape index (κ1) is 23.5. The zero-order chi connectivity index (χ0) is 27.1. The van der Waals surface area contributed by atoms with E-state index in [2.05, 4.69) is 121 Å². The summed E-state index contributed by atoms with van der Waals surface area (Å²) in [7, 11) is -3.13. The minimum Gasteiger partial charge on any atom is -0.313 e. The van der Waals surface area contributed by atoms with Crippen molar-refractivity contribution in [3.63, 3.8) is 0 Å². The molecule has 0 heterocycles. The van der Waals surface area contributed by atoms with Crippen molar-refractivity contribution in [1.82, 2.24) is 0 Å². The van der Waals surface area contributed by atoms with Gasteiger partial charge >= 0.3 is 0 Å². The third-order valence-corrected chi connectivity index (χ3v) is 13.2. The summed E-state index contributed by atoms with van der Waals surface area (Å²) >= 11 is 0. The zero-order valence-corrected chi connectivity index (χ0v) is 23.7. The molecule has 0 aliphatic heterocycles. The number of rotatable bonds is 3. The molecule has 0 spiro atoms. The monoisotopic (exact) mass is 544 g/mol. The van der Waals surface area contributed by atoms with Crippen molar-refractivity contribution in [2.45, 2.75) is 31.3 Å². The summed E-state index contributed by atoms with van der Waals surface area (Å²) in [5.74, 6) is 0. The Morgan fingerprint density at radius 1 is 0.488 bits per heavy atom. The van der Waals surface area contributed by atoms with E-state index in [1.165, 1.54) is 53.9 Å². The fraction of sp³-hybridized carbons (Fsp3) is 0.128. The maximum Gasteiger partial charge on any atom is 0.150 e. The molecular formula is C39H29OP. The Balaban J connectivity index is 1.43. The Kier molecular flexibility index (Phi) is 4.96. The summed E-state index contributed by atoms with van der Waals surface area (Å²) in [5, 5.41) is 16.7. The van der Waals surface area contributed by atoms with Gasteiger partial charge in [-0.2, -0.15) is 0 Å². The molecule has 0 bridgehead atoms. The topological polar surface area (TPSA) is 17.1 Å². The summed E-state index contributed by atoms with van der Waals surface area (Å²) in [6, 6.07) is 39.7. The summed E-state index contributed by atoms with van der Waals surface area (Å²) < 4.78 is 16.4. The van der Waals surface area contributed by atoms with Crippen LogP contribution in [0.3, 0.4) is 0 Å². The van der Waals surface area contributed by atoms with Gasteiger partial charge in [-0.25, -0.2) is 0 Å². The van der Waals surface area contributed by atoms with E-state index in [0.717, 1.165) is 47.1 Å². The van der Waals surface area contributed by atoms with Crippen molar-refractivity contribution in [1.29, 1.82) is 0 Å². The van der Waals surface area contributed by atoms with Crippen molar-refractivity contribution >= 4 is 82.4 Å². The smallest absolute Gasteiger partial charge is 0.150 e. The highest BCUT2D eigenvalue weighted by Gasteiger charge is 2.38. The Bertz CT molecular complexity index is 2180. The number of allylic oxidation sites excluding steroid dienone is 2. The molecule has 1 unspecified atom stereocenters. The highest BCUT2D eigenvalue weighted by Crippen LogP contribution is 2.55. The molecule has 8 aromatic carbocycles. The summed E-state index contributed by atoms with van der Waals surface area (Å²) in [6.07, 6.45) is 8.84. The van der Waals surface area contributed by atoms with Gasteiger partial charge in [0.15, 0.2) is 7.14 Å². The van der Waals surface area contributed by atoms with Gasteiger partial charge in [0.05, 0.1) is 0 Å². The average Bonchev–Trinajstić information content (AvgIpc) is 3.32. The van der Waals surface area contributed by atoms with E-state index in [-0.39, 0.29) is 5.66 Å². The zero-order valence-electron chi connectivity index (χ0n) is 22.8. The van der Waals surface area contributed by atoms with Crippen molar-refractivity contribution in [3.8, 4) is 0 Å². The van der Waals surface area contributed by atoms with Crippen molar-refractivity contribution in [3.05, 3.63) is 121 Å². The second-order valence-electron chi connectivity index (χ2n) is 11.8. The molecule has 2 heteroatoms. The Labute approximate surface area is 239 Å². The number of hydrogen-bond donors (Lipinski definition) is 0. The molecule has 0 N–H and O–H groups in total. The maximum absolute atomic E-state index is 16.4. The van der Waals surface area contributed by atoms with Crippen LogP contribution in [0.5, 0.6) is 0 Å². The standard InChI is InChI=1S/C39H29OP/c40-41(31-11-3-1-2-4-12-31,34-23-19-29-15-13-25-7-5-9-27-17-21-32(34)38(29)36(25)27)35-24-20-30-16-14-26-8-6-10-28-18-22-33(35)39(30)37(26)28/h3,5-11,13-24,31H,1-2,4,12H2. The van der Waals surface area contributed by atoms with E-state index < -0.39 is 7.14 Å². The first-order valence-electron chi connectivity index (χ1n) is 14.8. The Hall–Kier alpha value is -4.19. The van der Waals surface area contributed by atoms with Gasteiger partial charge in [0.2, 0.25) is 0 Å². The average molecular weight is 545 g/mol. The van der Waals surface area contributed by atoms with Gasteiger partial charge in [-0.3, -0.25) is 0 Å². The van der Waals surface area contributed by atoms with E-state index in [0.29, 0.717) is 0 Å². The molecule has 0 saturated heterocycles. The molecule has 196 valence electrons. The normalized spacial score (nSPS) is 16.6. The van der Waals surface area contributed by atoms with Gasteiger partial charge in [-0.05, 0) is 96.0 Å². The van der Waals surface area contributed by atoms with E-state index in [1.807, 2.05) is 0 Å². The van der Waals surface area contributed by atoms with Crippen LogP contribution < -0.4 is 10.6 Å². The molecule has 0 radical (unpaired) electrons. The van der Waals surface area contributed by atoms with Crippen LogP contribution in [-0.2, 0) is 4.57 Å². The van der Waals surface area contributed by atoms with Crippen LogP contribution in [0.25, 0.3) is 64.6 Å². The molecule has 41 heavy (non-hydrogen) atoms. The molecule has 8 aromatic rings. The molecule has 0 aromatic heterocycles. The van der Waals surface area contributed by atoms with Crippen LogP contribution in [-0.4, -0.2) is 5.66 Å². The lowest BCUT2D eigenvalue weighted by Gasteiger charge is -2.29. The molecule has 9 rings (SSSR count). The second-order valence-corrected chi connectivity index (χ2v) is 14.8. The summed E-state index contributed by atoms with van der Waals surface area (Å²) in [5.41, 5.74) is -0.0260. The van der Waals surface area contributed by atoms with E-state index in [4.69, 9.17) is 0 Å². The molecule has 0 amide bonds. The molecule has 0 saturated carbocycles. The first-order valence-corrected chi connectivity index (χ1v) is 16.6. The van der Waals surface area contributed by atoms with Crippen LogP contribution in [0.1, 0.15) is 25.7 Å². The fourth-order valence-electron chi connectivity index (χ4n) is 7.77. The predicted octanol–water partition coefficient (Wildman–Crippen LogP) is 10.3. The highest BCUT2D eigenvalue weighted by molar-refractivity contribution is 7.80. The summed E-state index contributed by atoms with van der Waals surface area (Å²) in [4.78, 5) is 0. The maximum atomic E-state index is 16.4. The molecular weight excluding hydrogens is 515 g/mol. The number of benzene rings is 8. The fourth-order valence-corrected chi connectivity index (χ4v) is 11.3. The van der Waals surface area contributed by atoms with Crippen molar-refractivity contribution < 1.29 is 4.57 Å². The molecule has 1 aliphatic rings. The lowest BCUT2D eigenvalue weighted by atomic mass is 9.94.